The molecule has 0 atom stereocenters. The first-order chi connectivity index (χ1) is 36.5. The van der Waals surface area contributed by atoms with Crippen LogP contribution in [0.4, 0.5) is 17.1 Å². The van der Waals surface area contributed by atoms with Crippen molar-refractivity contribution in [3.05, 3.63) is 248 Å². The molecule has 11 aromatic rings. The molecule has 0 aliphatic rings. The van der Waals surface area contributed by atoms with Crippen molar-refractivity contribution in [3.63, 3.8) is 0 Å². The second-order valence-corrected chi connectivity index (χ2v) is 14.5. The average Bonchev–Trinajstić information content (AvgIpc) is 3.48. The van der Waals surface area contributed by atoms with Gasteiger partial charge in [0.1, 0.15) is 0 Å². The summed E-state index contributed by atoms with van der Waals surface area (Å²) in [6, 6.07) is 39.8. The van der Waals surface area contributed by atoms with Gasteiger partial charge in [0, 0.05) is 17.1 Å². The fourth-order valence-corrected chi connectivity index (χ4v) is 7.99. The van der Waals surface area contributed by atoms with Crippen molar-refractivity contribution in [1.82, 2.24) is 0 Å². The number of anilines is 3. The minimum atomic E-state index is -0.793. The summed E-state index contributed by atoms with van der Waals surface area (Å²) in [5.41, 5.74) is 3.92. The Bertz CT molecular complexity index is 4150. The zero-order valence-corrected chi connectivity index (χ0v) is 32.5. The van der Waals surface area contributed by atoms with Crippen LogP contribution in [0.2, 0.25) is 0 Å². The van der Waals surface area contributed by atoms with Crippen molar-refractivity contribution in [2.75, 3.05) is 4.90 Å². The van der Waals surface area contributed by atoms with Gasteiger partial charge in [-0.15, -0.1) is 0 Å². The molecule has 0 bridgehead atoms. The molecular weight excluding hydrogens is 735 g/mol. The maximum Gasteiger partial charge on any atom is 0.0645 e. The molecule has 0 aliphatic carbocycles. The van der Waals surface area contributed by atoms with E-state index in [1.807, 2.05) is 121 Å². The molecule has 0 aliphatic heterocycles. The molecule has 11 rings (SSSR count). The summed E-state index contributed by atoms with van der Waals surface area (Å²) in [7, 11) is 0. The fourth-order valence-electron chi connectivity index (χ4n) is 7.99. The molecule has 1 heteroatoms. The maximum absolute atomic E-state index is 9.71. The van der Waals surface area contributed by atoms with Crippen LogP contribution in [0.3, 0.4) is 0 Å². The highest BCUT2D eigenvalue weighted by molar-refractivity contribution is 6.04. The van der Waals surface area contributed by atoms with Crippen LogP contribution < -0.4 is 4.90 Å². The Labute approximate surface area is 378 Å². The van der Waals surface area contributed by atoms with Gasteiger partial charge in [-0.25, -0.2) is 0 Å². The second kappa shape index (κ2) is 15.6. The largest absolute Gasteiger partial charge is 0.311 e. The molecule has 0 fully saturated rings. The van der Waals surface area contributed by atoms with Crippen LogP contribution in [-0.4, -0.2) is 0 Å². The first kappa shape index (κ1) is 23.6. The van der Waals surface area contributed by atoms with Crippen LogP contribution in [0, 0.1) is 0 Å². The van der Waals surface area contributed by atoms with Gasteiger partial charge in [0.25, 0.3) is 0 Å². The number of benzene rings is 11. The standard InChI is InChI=1S/C60H41N/c1-2-12-46(13-3-1)59-41-34-47-16-6-9-21-58(47)60(59)50-32-39-53(40-33-50)61(52-37-30-49(31-38-52)57-23-11-18-45-15-5-8-20-55(45)57)51-35-28-43(29-36-51)42-24-26-48(27-25-42)56-22-10-17-44-14-4-7-19-54(44)56/h1-41H/i5D,8D,11D,15D,18D,20D,23D,28D,29D,30D,31D,35D,36D,37D,38D. The zero-order valence-electron chi connectivity index (χ0n) is 47.5. The highest BCUT2D eigenvalue weighted by Crippen LogP contribution is 2.42. The molecule has 0 spiro atoms. The first-order valence-corrected chi connectivity index (χ1v) is 19.8. The Morgan fingerprint density at radius 2 is 0.836 bits per heavy atom. The number of hydrogen-bond acceptors (Lipinski definition) is 1. The highest BCUT2D eigenvalue weighted by Gasteiger charge is 2.17. The molecule has 0 saturated heterocycles. The van der Waals surface area contributed by atoms with Gasteiger partial charge in [-0.05, 0) is 124 Å². The van der Waals surface area contributed by atoms with E-state index in [2.05, 4.69) is 0 Å². The summed E-state index contributed by atoms with van der Waals surface area (Å²) in [4.78, 5) is 1.16. The Kier molecular flexibility index (Phi) is 6.04. The Morgan fingerprint density at radius 3 is 1.59 bits per heavy atom. The number of nitrogens with zero attached hydrogens (tertiary/aromatic N) is 1. The van der Waals surface area contributed by atoms with Gasteiger partial charge in [0.05, 0.1) is 20.6 Å². The SMILES string of the molecule is [2H]c1c([2H])c(N(c2ccc(-c3c(-c4ccccc4)ccc4ccccc34)cc2)c2c([2H])c([2H])c(-c3c([2H])c([2H])c([2H])c4c([2H])c([2H])c([2H])c([2H])c34)c([2H])c2[2H])c([2H])c([2H])c1-c1ccc(-c2cccc3ccccc23)cc1. The van der Waals surface area contributed by atoms with Gasteiger partial charge in [0.2, 0.25) is 0 Å². The van der Waals surface area contributed by atoms with E-state index < -0.39 is 124 Å². The van der Waals surface area contributed by atoms with Crippen LogP contribution in [-0.2, 0) is 0 Å². The lowest BCUT2D eigenvalue weighted by molar-refractivity contribution is 1.28. The Hall–Kier alpha value is -8.00. The predicted octanol–water partition coefficient (Wildman–Crippen LogP) is 17.0. The first-order valence-electron chi connectivity index (χ1n) is 27.3. The smallest absolute Gasteiger partial charge is 0.0645 e. The number of rotatable bonds is 8. The zero-order chi connectivity index (χ0) is 53.6. The van der Waals surface area contributed by atoms with Crippen LogP contribution >= 0.6 is 0 Å². The second-order valence-electron chi connectivity index (χ2n) is 14.5. The molecule has 61 heavy (non-hydrogen) atoms. The van der Waals surface area contributed by atoms with E-state index in [1.54, 1.807) is 36.4 Å². The predicted molar refractivity (Wildman–Crippen MR) is 261 cm³/mol. The fraction of sp³-hybridized carbons (Fsp3) is 0. The van der Waals surface area contributed by atoms with Crippen molar-refractivity contribution in [2.45, 2.75) is 0 Å². The summed E-state index contributed by atoms with van der Waals surface area (Å²) in [6.45, 7) is 0. The third kappa shape index (κ3) is 6.83. The van der Waals surface area contributed by atoms with Crippen molar-refractivity contribution >= 4 is 49.4 Å². The van der Waals surface area contributed by atoms with Crippen molar-refractivity contribution in [2.24, 2.45) is 0 Å². The van der Waals surface area contributed by atoms with Gasteiger partial charge in [-0.2, -0.15) is 0 Å². The molecule has 11 aromatic carbocycles. The van der Waals surface area contributed by atoms with E-state index in [4.69, 9.17) is 9.60 Å². The number of hydrogen-bond donors (Lipinski definition) is 0. The maximum atomic E-state index is 9.71. The van der Waals surface area contributed by atoms with Crippen molar-refractivity contribution in [3.8, 4) is 55.6 Å². The third-order valence-corrected chi connectivity index (χ3v) is 10.9. The highest BCUT2D eigenvalue weighted by atomic mass is 15.1. The molecule has 0 aromatic heterocycles. The topological polar surface area (TPSA) is 3.24 Å². The van der Waals surface area contributed by atoms with Gasteiger partial charge in [0.15, 0.2) is 0 Å². The molecule has 0 N–H and O–H groups in total. The van der Waals surface area contributed by atoms with Crippen LogP contribution in [0.25, 0.3) is 88.0 Å². The van der Waals surface area contributed by atoms with Crippen LogP contribution in [0.5, 0.6) is 0 Å². The van der Waals surface area contributed by atoms with Gasteiger partial charge < -0.3 is 4.90 Å². The van der Waals surface area contributed by atoms with E-state index >= 15 is 0 Å². The van der Waals surface area contributed by atoms with E-state index in [1.165, 1.54) is 0 Å². The normalized spacial score (nSPS) is 14.7. The average molecular weight is 791 g/mol. The Morgan fingerprint density at radius 1 is 0.262 bits per heavy atom. The Balaban J connectivity index is 1.14. The molecule has 0 radical (unpaired) electrons. The van der Waals surface area contributed by atoms with E-state index in [-0.39, 0.29) is 11.3 Å². The lowest BCUT2D eigenvalue weighted by atomic mass is 9.89. The van der Waals surface area contributed by atoms with Gasteiger partial charge >= 0.3 is 0 Å². The lowest BCUT2D eigenvalue weighted by Crippen LogP contribution is -2.09. The monoisotopic (exact) mass is 790 g/mol. The van der Waals surface area contributed by atoms with Crippen molar-refractivity contribution in [1.29, 1.82) is 0 Å². The summed E-state index contributed by atoms with van der Waals surface area (Å²) < 4.78 is 138. The summed E-state index contributed by atoms with van der Waals surface area (Å²) >= 11 is 0. The lowest BCUT2D eigenvalue weighted by Gasteiger charge is -2.26. The summed E-state index contributed by atoms with van der Waals surface area (Å²) in [6.07, 6.45) is 0. The summed E-state index contributed by atoms with van der Waals surface area (Å²) in [5, 5.41) is 3.15. The number of fused-ring (bicyclic) bond motifs is 3. The molecule has 0 amide bonds. The molecule has 286 valence electrons. The molecule has 0 unspecified atom stereocenters. The van der Waals surface area contributed by atoms with Crippen molar-refractivity contribution < 1.29 is 20.6 Å². The molecule has 1 nitrogen and oxygen atoms in total. The minimum absolute atomic E-state index is 0.0127. The van der Waals surface area contributed by atoms with Crippen LogP contribution in [0.15, 0.2) is 248 Å². The minimum Gasteiger partial charge on any atom is -0.311 e. The van der Waals surface area contributed by atoms with Crippen LogP contribution in [0.1, 0.15) is 20.6 Å². The molecule has 0 heterocycles. The van der Waals surface area contributed by atoms with Gasteiger partial charge in [-0.3, -0.25) is 0 Å². The van der Waals surface area contributed by atoms with E-state index in [0.29, 0.717) is 5.56 Å². The molecule has 0 saturated carbocycles. The molecular formula is C60H41N. The van der Waals surface area contributed by atoms with Gasteiger partial charge in [-0.1, -0.05) is 212 Å². The third-order valence-electron chi connectivity index (χ3n) is 10.9. The summed E-state index contributed by atoms with van der Waals surface area (Å²) in [5.74, 6) is 0. The quantitative estimate of drug-likeness (QED) is 0.148. The van der Waals surface area contributed by atoms with E-state index in [0.717, 1.165) is 59.8 Å². The van der Waals surface area contributed by atoms with E-state index in [9.17, 15) is 11.0 Å².